The van der Waals surface area contributed by atoms with Crippen molar-refractivity contribution < 1.29 is 14.1 Å². The molecule has 0 aliphatic carbocycles. The van der Waals surface area contributed by atoms with Gasteiger partial charge in [0.05, 0.1) is 21.7 Å². The van der Waals surface area contributed by atoms with E-state index in [1.165, 1.54) is 6.08 Å². The van der Waals surface area contributed by atoms with Gasteiger partial charge in [-0.15, -0.1) is 0 Å². The van der Waals surface area contributed by atoms with E-state index >= 15 is 0 Å². The van der Waals surface area contributed by atoms with E-state index in [-0.39, 0.29) is 0 Å². The molecular weight excluding hydrogens is 308 g/mol. The Hall–Kier alpha value is -2.72. The Labute approximate surface area is 136 Å². The molecule has 3 rings (SSSR count). The minimum Gasteiger partial charge on any atom is -0.545 e. The molecule has 0 saturated heterocycles. The first-order chi connectivity index (χ1) is 11.1. The van der Waals surface area contributed by atoms with Gasteiger partial charge in [-0.3, -0.25) is 0 Å². The number of hydrogen-bond donors (Lipinski definition) is 0. The normalized spacial score (nSPS) is 12.5. The molecule has 0 aromatic heterocycles. The van der Waals surface area contributed by atoms with Crippen LogP contribution in [0.2, 0.25) is 0 Å². The first-order valence-corrected chi connectivity index (χ1v) is 8.19. The number of carboxylic acid groups (broad SMARTS) is 1. The Kier molecular flexibility index (Phi) is 4.35. The van der Waals surface area contributed by atoms with Crippen LogP contribution in [0.1, 0.15) is 5.56 Å². The van der Waals surface area contributed by atoms with Gasteiger partial charge in [-0.05, 0) is 40.6 Å². The van der Waals surface area contributed by atoms with Crippen LogP contribution in [0.15, 0.2) is 82.6 Å². The fourth-order valence-corrected chi connectivity index (χ4v) is 3.59. The van der Waals surface area contributed by atoms with Crippen molar-refractivity contribution >= 4 is 33.6 Å². The van der Waals surface area contributed by atoms with Crippen LogP contribution < -0.4 is 5.11 Å². The van der Waals surface area contributed by atoms with Crippen LogP contribution >= 0.6 is 0 Å². The van der Waals surface area contributed by atoms with Crippen LogP contribution in [0.3, 0.4) is 0 Å². The van der Waals surface area contributed by atoms with Gasteiger partial charge in [0, 0.05) is 4.90 Å². The smallest absolute Gasteiger partial charge is 0.0855 e. The molecule has 4 heteroatoms. The van der Waals surface area contributed by atoms with Crippen molar-refractivity contribution in [3.8, 4) is 0 Å². The maximum Gasteiger partial charge on any atom is 0.0855 e. The van der Waals surface area contributed by atoms with Gasteiger partial charge >= 0.3 is 0 Å². The summed E-state index contributed by atoms with van der Waals surface area (Å²) in [5.41, 5.74) is 0.600. The highest BCUT2D eigenvalue weighted by Gasteiger charge is 2.10. The molecule has 3 aromatic rings. The third-order valence-electron chi connectivity index (χ3n) is 3.45. The van der Waals surface area contributed by atoms with Crippen LogP contribution in [0.5, 0.6) is 0 Å². The molecule has 0 radical (unpaired) electrons. The van der Waals surface area contributed by atoms with Crippen molar-refractivity contribution in [3.63, 3.8) is 0 Å². The molecule has 0 aliphatic heterocycles. The van der Waals surface area contributed by atoms with Gasteiger partial charge in [-0.1, -0.05) is 54.6 Å². The summed E-state index contributed by atoms with van der Waals surface area (Å²) in [5, 5.41) is 12.7. The predicted molar refractivity (Wildman–Crippen MR) is 89.1 cm³/mol. The molecule has 0 N–H and O–H groups in total. The third-order valence-corrected chi connectivity index (χ3v) is 4.91. The Morgan fingerprint density at radius 3 is 2.39 bits per heavy atom. The quantitative estimate of drug-likeness (QED) is 0.694. The largest absolute Gasteiger partial charge is 0.545 e. The summed E-state index contributed by atoms with van der Waals surface area (Å²) >= 11 is 0. The van der Waals surface area contributed by atoms with E-state index in [9.17, 15) is 14.1 Å². The van der Waals surface area contributed by atoms with Crippen molar-refractivity contribution in [2.45, 2.75) is 9.79 Å². The number of carboxylic acids is 1. The van der Waals surface area contributed by atoms with Gasteiger partial charge in [0.2, 0.25) is 0 Å². The maximum atomic E-state index is 12.9. The van der Waals surface area contributed by atoms with Crippen LogP contribution in [-0.2, 0) is 15.6 Å². The molecule has 0 heterocycles. The van der Waals surface area contributed by atoms with E-state index in [1.54, 1.807) is 24.3 Å². The van der Waals surface area contributed by atoms with E-state index in [4.69, 9.17) is 0 Å². The Bertz CT molecular complexity index is 929. The first-order valence-electron chi connectivity index (χ1n) is 7.04. The zero-order valence-corrected chi connectivity index (χ0v) is 13.0. The predicted octanol–water partition coefficient (Wildman–Crippen LogP) is 2.77. The van der Waals surface area contributed by atoms with Gasteiger partial charge < -0.3 is 9.90 Å². The minimum atomic E-state index is -1.39. The second-order valence-corrected chi connectivity index (χ2v) is 6.42. The highest BCUT2D eigenvalue weighted by Crippen LogP contribution is 2.24. The number of aliphatic carboxylic acids is 1. The molecule has 0 saturated carbocycles. The summed E-state index contributed by atoms with van der Waals surface area (Å²) in [6.45, 7) is 0. The summed E-state index contributed by atoms with van der Waals surface area (Å²) in [7, 11) is -1.39. The second-order valence-electron chi connectivity index (χ2n) is 4.97. The lowest BCUT2D eigenvalue weighted by Gasteiger charge is -2.08. The number of fused-ring (bicyclic) bond motifs is 1. The first kappa shape index (κ1) is 15.2. The zero-order valence-electron chi connectivity index (χ0n) is 12.1. The van der Waals surface area contributed by atoms with Crippen molar-refractivity contribution in [2.24, 2.45) is 0 Å². The van der Waals surface area contributed by atoms with E-state index in [2.05, 4.69) is 0 Å². The number of benzene rings is 3. The van der Waals surface area contributed by atoms with Crippen LogP contribution in [0.25, 0.3) is 16.8 Å². The van der Waals surface area contributed by atoms with Crippen molar-refractivity contribution in [1.29, 1.82) is 0 Å². The highest BCUT2D eigenvalue weighted by atomic mass is 32.2. The van der Waals surface area contributed by atoms with Gasteiger partial charge in [0.15, 0.2) is 0 Å². The zero-order chi connectivity index (χ0) is 16.2. The molecule has 114 valence electrons. The number of rotatable bonds is 4. The van der Waals surface area contributed by atoms with Gasteiger partial charge in [0.1, 0.15) is 0 Å². The van der Waals surface area contributed by atoms with Crippen molar-refractivity contribution in [1.82, 2.24) is 0 Å². The SMILES string of the molecule is O=C([O-])/C=C/c1ccccc1S(=O)c1ccc2ccccc2c1. The Balaban J connectivity index is 2.03. The molecule has 0 fully saturated rings. The number of hydrogen-bond acceptors (Lipinski definition) is 3. The molecule has 1 atom stereocenters. The monoisotopic (exact) mass is 321 g/mol. The van der Waals surface area contributed by atoms with Gasteiger partial charge in [0.25, 0.3) is 0 Å². The summed E-state index contributed by atoms with van der Waals surface area (Å²) in [6, 6.07) is 20.5. The number of carbonyl (C=O) groups excluding carboxylic acids is 1. The third kappa shape index (κ3) is 3.38. The summed E-state index contributed by atoms with van der Waals surface area (Å²) in [5.74, 6) is -1.28. The van der Waals surface area contributed by atoms with Crippen molar-refractivity contribution in [2.75, 3.05) is 0 Å². The molecule has 0 spiro atoms. The molecule has 1 unspecified atom stereocenters. The van der Waals surface area contributed by atoms with Gasteiger partial charge in [-0.2, -0.15) is 0 Å². The lowest BCUT2D eigenvalue weighted by molar-refractivity contribution is -0.297. The van der Waals surface area contributed by atoms with Crippen LogP contribution in [0, 0.1) is 0 Å². The van der Waals surface area contributed by atoms with Crippen LogP contribution in [-0.4, -0.2) is 10.2 Å². The lowest BCUT2D eigenvalue weighted by atomic mass is 10.1. The minimum absolute atomic E-state index is 0.570. The average Bonchev–Trinajstić information content (AvgIpc) is 2.59. The van der Waals surface area contributed by atoms with E-state index in [0.29, 0.717) is 15.4 Å². The average molecular weight is 321 g/mol. The summed E-state index contributed by atoms with van der Waals surface area (Å²) < 4.78 is 12.9. The molecule has 0 aliphatic rings. The van der Waals surface area contributed by atoms with E-state index < -0.39 is 16.8 Å². The Morgan fingerprint density at radius 2 is 1.61 bits per heavy atom. The topological polar surface area (TPSA) is 57.2 Å². The molecule has 3 nitrogen and oxygen atoms in total. The Morgan fingerprint density at radius 1 is 0.913 bits per heavy atom. The maximum absolute atomic E-state index is 12.9. The summed E-state index contributed by atoms with van der Waals surface area (Å²) in [6.07, 6.45) is 2.35. The van der Waals surface area contributed by atoms with Crippen LogP contribution in [0.4, 0.5) is 0 Å². The van der Waals surface area contributed by atoms with E-state index in [1.807, 2.05) is 42.5 Å². The number of carbonyl (C=O) groups is 1. The molecular formula is C19H13O3S-. The van der Waals surface area contributed by atoms with Crippen molar-refractivity contribution in [3.05, 3.63) is 78.4 Å². The summed E-state index contributed by atoms with van der Waals surface area (Å²) in [4.78, 5) is 11.8. The lowest BCUT2D eigenvalue weighted by Crippen LogP contribution is -2.18. The molecule has 0 bridgehead atoms. The second kappa shape index (κ2) is 6.58. The molecule has 0 amide bonds. The standard InChI is InChI=1S/C19H14O3S/c20-19(21)12-10-15-6-3-4-8-18(15)23(22)17-11-9-14-5-1-2-7-16(14)13-17/h1-13H,(H,20,21)/p-1/b12-10+. The fourth-order valence-electron chi connectivity index (χ4n) is 2.35. The molecule has 3 aromatic carbocycles. The molecule has 23 heavy (non-hydrogen) atoms. The highest BCUT2D eigenvalue weighted by molar-refractivity contribution is 7.85. The van der Waals surface area contributed by atoms with Gasteiger partial charge in [-0.25, -0.2) is 4.21 Å². The van der Waals surface area contributed by atoms with E-state index in [0.717, 1.165) is 16.8 Å². The fraction of sp³-hybridized carbons (Fsp3) is 0.